The van der Waals surface area contributed by atoms with Crippen molar-refractivity contribution >= 4 is 12.4 Å². The Morgan fingerprint density at radius 2 is 1.82 bits per heavy atom. The molecule has 0 heterocycles. The van der Waals surface area contributed by atoms with Crippen LogP contribution < -0.4 is 5.73 Å². The Kier molecular flexibility index (Phi) is 5.84. The third kappa shape index (κ3) is 3.81. The molecule has 0 unspecified atom stereocenters. The molecule has 0 spiro atoms. The van der Waals surface area contributed by atoms with Crippen molar-refractivity contribution < 1.29 is 22.0 Å². The fourth-order valence-electron chi connectivity index (χ4n) is 1.42. The van der Waals surface area contributed by atoms with E-state index < -0.39 is 35.8 Å². The molecule has 98 valence electrons. The van der Waals surface area contributed by atoms with Crippen LogP contribution in [0.5, 0.6) is 0 Å². The molecular formula is C10H11ClF5N. The van der Waals surface area contributed by atoms with Gasteiger partial charge in [-0.2, -0.15) is 13.2 Å². The average molecular weight is 276 g/mol. The molecule has 1 nitrogen and oxygen atoms in total. The molecule has 0 amide bonds. The monoisotopic (exact) mass is 275 g/mol. The summed E-state index contributed by atoms with van der Waals surface area (Å²) < 4.78 is 62.6. The predicted octanol–water partition coefficient (Wildman–Crippen LogP) is 3.63. The third-order valence-corrected chi connectivity index (χ3v) is 2.15. The van der Waals surface area contributed by atoms with Gasteiger partial charge in [-0.1, -0.05) is 12.1 Å². The number of hydrogen-bond donors (Lipinski definition) is 1. The highest BCUT2D eigenvalue weighted by atomic mass is 35.5. The van der Waals surface area contributed by atoms with Crippen molar-refractivity contribution in [2.45, 2.75) is 18.6 Å². The Hall–Kier alpha value is -0.880. The van der Waals surface area contributed by atoms with E-state index in [1.54, 1.807) is 0 Å². The molecule has 2 N–H and O–H groups in total. The van der Waals surface area contributed by atoms with Crippen molar-refractivity contribution in [3.05, 3.63) is 35.1 Å². The Labute approximate surface area is 101 Å². The van der Waals surface area contributed by atoms with E-state index in [0.717, 1.165) is 12.1 Å². The van der Waals surface area contributed by atoms with Crippen LogP contribution in [0, 0.1) is 5.82 Å². The summed E-state index contributed by atoms with van der Waals surface area (Å²) in [6.45, 7) is -0.852. The van der Waals surface area contributed by atoms with Gasteiger partial charge in [0.25, 0.3) is 0 Å². The highest BCUT2D eigenvalue weighted by molar-refractivity contribution is 5.85. The van der Waals surface area contributed by atoms with E-state index in [0.29, 0.717) is 6.07 Å². The number of benzene rings is 1. The van der Waals surface area contributed by atoms with E-state index in [4.69, 9.17) is 5.73 Å². The van der Waals surface area contributed by atoms with Crippen molar-refractivity contribution in [2.24, 2.45) is 5.73 Å². The average Bonchev–Trinajstić information content (AvgIpc) is 2.15. The largest absolute Gasteiger partial charge is 0.419 e. The highest BCUT2D eigenvalue weighted by Crippen LogP contribution is 2.36. The van der Waals surface area contributed by atoms with Crippen LogP contribution in [0.2, 0.25) is 0 Å². The van der Waals surface area contributed by atoms with E-state index >= 15 is 0 Å². The summed E-state index contributed by atoms with van der Waals surface area (Å²) in [6, 6.07) is 1.73. The minimum absolute atomic E-state index is 0. The van der Waals surface area contributed by atoms with E-state index in [1.807, 2.05) is 0 Å². The number of rotatable bonds is 3. The Bertz CT molecular complexity index is 366. The maximum Gasteiger partial charge on any atom is 0.419 e. The smallest absolute Gasteiger partial charge is 0.324 e. The fourth-order valence-corrected chi connectivity index (χ4v) is 1.42. The van der Waals surface area contributed by atoms with E-state index in [2.05, 4.69) is 0 Å². The normalized spacial score (nSPS) is 13.1. The van der Waals surface area contributed by atoms with Crippen LogP contribution in [-0.4, -0.2) is 6.67 Å². The molecule has 0 saturated heterocycles. The predicted molar refractivity (Wildman–Crippen MR) is 56.2 cm³/mol. The lowest BCUT2D eigenvalue weighted by Gasteiger charge is -2.17. The minimum Gasteiger partial charge on any atom is -0.324 e. The van der Waals surface area contributed by atoms with E-state index in [9.17, 15) is 22.0 Å². The van der Waals surface area contributed by atoms with Gasteiger partial charge < -0.3 is 5.73 Å². The maximum absolute atomic E-state index is 13.1. The lowest BCUT2D eigenvalue weighted by atomic mass is 9.98. The highest BCUT2D eigenvalue weighted by Gasteiger charge is 2.37. The van der Waals surface area contributed by atoms with Gasteiger partial charge in [0.15, 0.2) is 0 Å². The standard InChI is InChI=1S/C10H10F5N.ClH/c11-5-4-8(16)6-2-1-3-7(12)9(6)10(13,14)15;/h1-3,8H,4-5,16H2;1H/t8-;/m1./s1. The van der Waals surface area contributed by atoms with Crippen LogP contribution in [0.3, 0.4) is 0 Å². The SMILES string of the molecule is Cl.N[C@H](CCF)c1cccc(F)c1C(F)(F)F. The van der Waals surface area contributed by atoms with Crippen LogP contribution in [0.15, 0.2) is 18.2 Å². The second-order valence-electron chi connectivity index (χ2n) is 3.29. The fraction of sp³-hybridized carbons (Fsp3) is 0.400. The molecular weight excluding hydrogens is 265 g/mol. The van der Waals surface area contributed by atoms with Crippen molar-refractivity contribution in [1.29, 1.82) is 0 Å². The minimum atomic E-state index is -4.82. The van der Waals surface area contributed by atoms with Gasteiger partial charge in [-0.05, 0) is 18.1 Å². The molecule has 7 heteroatoms. The number of halogens is 6. The summed E-state index contributed by atoms with van der Waals surface area (Å²) in [4.78, 5) is 0. The lowest BCUT2D eigenvalue weighted by Crippen LogP contribution is -2.19. The van der Waals surface area contributed by atoms with Gasteiger partial charge in [-0.25, -0.2) is 4.39 Å². The molecule has 1 aromatic rings. The van der Waals surface area contributed by atoms with Crippen LogP contribution in [0.1, 0.15) is 23.6 Å². The van der Waals surface area contributed by atoms with Gasteiger partial charge >= 0.3 is 6.18 Å². The second kappa shape index (κ2) is 6.16. The summed E-state index contributed by atoms with van der Waals surface area (Å²) in [6.07, 6.45) is -5.10. The summed E-state index contributed by atoms with van der Waals surface area (Å²) in [7, 11) is 0. The summed E-state index contributed by atoms with van der Waals surface area (Å²) >= 11 is 0. The van der Waals surface area contributed by atoms with Gasteiger partial charge in [0.05, 0.1) is 12.2 Å². The number of hydrogen-bond acceptors (Lipinski definition) is 1. The van der Waals surface area contributed by atoms with Gasteiger partial charge in [0.2, 0.25) is 0 Å². The number of alkyl halides is 4. The maximum atomic E-state index is 13.1. The molecule has 0 aliphatic carbocycles. The lowest BCUT2D eigenvalue weighted by molar-refractivity contribution is -0.140. The second-order valence-corrected chi connectivity index (χ2v) is 3.29. The summed E-state index contributed by atoms with van der Waals surface area (Å²) in [5.74, 6) is -1.39. The first-order valence-electron chi connectivity index (χ1n) is 4.55. The van der Waals surface area contributed by atoms with Crippen LogP contribution in [0.4, 0.5) is 22.0 Å². The molecule has 0 fully saturated rings. The molecule has 0 bridgehead atoms. The molecule has 0 aromatic heterocycles. The van der Waals surface area contributed by atoms with Crippen LogP contribution in [0.25, 0.3) is 0 Å². The van der Waals surface area contributed by atoms with Crippen molar-refractivity contribution in [3.63, 3.8) is 0 Å². The zero-order chi connectivity index (χ0) is 12.3. The van der Waals surface area contributed by atoms with Crippen molar-refractivity contribution in [1.82, 2.24) is 0 Å². The van der Waals surface area contributed by atoms with Gasteiger partial charge in [-0.15, -0.1) is 12.4 Å². The quantitative estimate of drug-likeness (QED) is 0.838. The molecule has 1 rings (SSSR count). The molecule has 1 aromatic carbocycles. The zero-order valence-corrected chi connectivity index (χ0v) is 9.42. The summed E-state index contributed by atoms with van der Waals surface area (Å²) in [5, 5.41) is 0. The Morgan fingerprint density at radius 1 is 1.24 bits per heavy atom. The Balaban J connectivity index is 0.00000256. The van der Waals surface area contributed by atoms with Gasteiger partial charge in [0.1, 0.15) is 5.82 Å². The molecule has 17 heavy (non-hydrogen) atoms. The molecule has 0 radical (unpaired) electrons. The molecule has 0 aliphatic rings. The van der Waals surface area contributed by atoms with E-state index in [1.165, 1.54) is 0 Å². The Morgan fingerprint density at radius 3 is 2.29 bits per heavy atom. The van der Waals surface area contributed by atoms with Crippen LogP contribution >= 0.6 is 12.4 Å². The number of nitrogens with two attached hydrogens (primary N) is 1. The zero-order valence-electron chi connectivity index (χ0n) is 8.60. The van der Waals surface area contributed by atoms with E-state index in [-0.39, 0.29) is 18.8 Å². The first-order valence-corrected chi connectivity index (χ1v) is 4.55. The summed E-state index contributed by atoms with van der Waals surface area (Å²) in [5.41, 5.74) is 3.55. The molecule has 0 aliphatic heterocycles. The van der Waals surface area contributed by atoms with Crippen molar-refractivity contribution in [2.75, 3.05) is 6.67 Å². The van der Waals surface area contributed by atoms with Crippen molar-refractivity contribution in [3.8, 4) is 0 Å². The van der Waals surface area contributed by atoms with Gasteiger partial charge in [0, 0.05) is 6.04 Å². The third-order valence-electron chi connectivity index (χ3n) is 2.15. The molecule has 1 atom stereocenters. The first-order chi connectivity index (χ1) is 7.38. The first kappa shape index (κ1) is 16.1. The van der Waals surface area contributed by atoms with Gasteiger partial charge in [-0.3, -0.25) is 4.39 Å². The van der Waals surface area contributed by atoms with Crippen LogP contribution in [-0.2, 0) is 6.18 Å². The molecule has 0 saturated carbocycles. The topological polar surface area (TPSA) is 26.0 Å².